The summed E-state index contributed by atoms with van der Waals surface area (Å²) in [5.41, 5.74) is 8.44. The van der Waals surface area contributed by atoms with Crippen LogP contribution in [-0.2, 0) is 10.8 Å². The highest BCUT2D eigenvalue weighted by Gasteiger charge is 2.26. The molecule has 0 amide bonds. The monoisotopic (exact) mass is 281 g/mol. The fourth-order valence-electron chi connectivity index (χ4n) is 2.22. The highest BCUT2D eigenvalue weighted by atomic mass is 19.1. The molecule has 0 aliphatic carbocycles. The lowest BCUT2D eigenvalue weighted by Crippen LogP contribution is -2.20. The van der Waals surface area contributed by atoms with E-state index in [0.29, 0.717) is 5.56 Å². The number of phenolic OH excluding ortho intramolecular Hbond substituents is 1. The van der Waals surface area contributed by atoms with Crippen molar-refractivity contribution < 1.29 is 9.50 Å². The average molecular weight is 281 g/mol. The zero-order valence-corrected chi connectivity index (χ0v) is 13.5. The summed E-state index contributed by atoms with van der Waals surface area (Å²) in [6.45, 7) is 12.0. The molecule has 0 saturated heterocycles. The molecule has 0 spiro atoms. The molecule has 0 radical (unpaired) electrons. The lowest BCUT2D eigenvalue weighted by molar-refractivity contribution is 0.412. The van der Waals surface area contributed by atoms with Crippen molar-refractivity contribution in [3.8, 4) is 5.75 Å². The molecule has 0 bridgehead atoms. The van der Waals surface area contributed by atoms with Gasteiger partial charge in [-0.1, -0.05) is 47.6 Å². The van der Waals surface area contributed by atoms with Gasteiger partial charge >= 0.3 is 0 Å². The number of alkyl halides is 1. The molecule has 0 fully saturated rings. The van der Waals surface area contributed by atoms with E-state index in [1.807, 2.05) is 12.1 Å². The van der Waals surface area contributed by atoms with Gasteiger partial charge in [0, 0.05) is 11.6 Å². The highest BCUT2D eigenvalue weighted by Crippen LogP contribution is 2.39. The van der Waals surface area contributed by atoms with Crippen LogP contribution in [0.25, 0.3) is 0 Å². The summed E-state index contributed by atoms with van der Waals surface area (Å²) in [5.74, 6) is 0.214. The molecule has 3 N–H and O–H groups in total. The summed E-state index contributed by atoms with van der Waals surface area (Å²) in [6, 6.07) is 3.50. The number of aromatic hydroxyl groups is 1. The van der Waals surface area contributed by atoms with Gasteiger partial charge in [0.2, 0.25) is 0 Å². The van der Waals surface area contributed by atoms with Gasteiger partial charge in [-0.2, -0.15) is 0 Å². The maximum absolute atomic E-state index is 12.6. The summed E-state index contributed by atoms with van der Waals surface area (Å²) in [6.07, 6.45) is 0.227. The number of nitrogens with two attached hydrogens (primary N) is 1. The van der Waals surface area contributed by atoms with Crippen molar-refractivity contribution in [1.82, 2.24) is 0 Å². The van der Waals surface area contributed by atoms with Crippen LogP contribution < -0.4 is 5.73 Å². The molecule has 1 rings (SSSR count). The van der Waals surface area contributed by atoms with Crippen molar-refractivity contribution in [1.29, 1.82) is 0 Å². The van der Waals surface area contributed by atoms with Gasteiger partial charge in [0.05, 0.1) is 6.67 Å². The smallest absolute Gasteiger partial charge is 0.124 e. The molecular formula is C17H28FNO. The predicted molar refractivity (Wildman–Crippen MR) is 83.0 cm³/mol. The molecule has 0 saturated carbocycles. The van der Waals surface area contributed by atoms with Crippen molar-refractivity contribution in [3.05, 3.63) is 28.8 Å². The Labute approximate surface area is 122 Å². The summed E-state index contributed by atoms with van der Waals surface area (Å²) < 4.78 is 12.6. The first-order chi connectivity index (χ1) is 8.98. The van der Waals surface area contributed by atoms with Crippen LogP contribution in [0.2, 0.25) is 0 Å². The Balaban J connectivity index is 3.51. The van der Waals surface area contributed by atoms with Gasteiger partial charge in [0.25, 0.3) is 0 Å². The molecule has 0 heterocycles. The minimum atomic E-state index is -0.481. The third-order valence-corrected chi connectivity index (χ3v) is 3.63. The zero-order valence-electron chi connectivity index (χ0n) is 13.5. The standard InChI is InChI=1S/C17H28FNO/c1-16(2,3)11-9-12(14(19)7-8-18)15(20)13(10-11)17(4,5)6/h9-10,14,20H,7-8,19H2,1-6H3/t14-/m1/s1. The van der Waals surface area contributed by atoms with E-state index in [0.717, 1.165) is 11.1 Å². The van der Waals surface area contributed by atoms with Gasteiger partial charge in [0.1, 0.15) is 5.75 Å². The Kier molecular flexibility index (Phi) is 4.86. The van der Waals surface area contributed by atoms with Crippen molar-refractivity contribution in [2.45, 2.75) is 64.8 Å². The number of benzene rings is 1. The van der Waals surface area contributed by atoms with Crippen LogP contribution in [0.1, 0.15) is 70.7 Å². The summed E-state index contributed by atoms with van der Waals surface area (Å²) in [4.78, 5) is 0. The van der Waals surface area contributed by atoms with Gasteiger partial charge in [-0.15, -0.1) is 0 Å². The molecule has 2 nitrogen and oxygen atoms in total. The number of hydrogen-bond acceptors (Lipinski definition) is 2. The molecular weight excluding hydrogens is 253 g/mol. The lowest BCUT2D eigenvalue weighted by Gasteiger charge is -2.28. The quantitative estimate of drug-likeness (QED) is 0.865. The van der Waals surface area contributed by atoms with E-state index in [1.165, 1.54) is 0 Å². The number of halogens is 1. The van der Waals surface area contributed by atoms with Crippen LogP contribution in [0.5, 0.6) is 5.75 Å². The van der Waals surface area contributed by atoms with Gasteiger partial charge in [-0.05, 0) is 34.4 Å². The minimum absolute atomic E-state index is 0.0438. The molecule has 0 unspecified atom stereocenters. The van der Waals surface area contributed by atoms with Crippen LogP contribution in [0.3, 0.4) is 0 Å². The van der Waals surface area contributed by atoms with Crippen molar-refractivity contribution in [3.63, 3.8) is 0 Å². The largest absolute Gasteiger partial charge is 0.507 e. The van der Waals surface area contributed by atoms with Crippen molar-refractivity contribution in [2.24, 2.45) is 5.73 Å². The topological polar surface area (TPSA) is 46.2 Å². The first-order valence-electron chi connectivity index (χ1n) is 7.18. The van der Waals surface area contributed by atoms with Crippen LogP contribution >= 0.6 is 0 Å². The summed E-state index contributed by atoms with van der Waals surface area (Å²) in [5, 5.41) is 10.5. The Bertz CT molecular complexity index is 469. The second kappa shape index (κ2) is 5.72. The first kappa shape index (κ1) is 17.0. The Morgan fingerprint density at radius 1 is 1.10 bits per heavy atom. The molecule has 0 aliphatic rings. The Hall–Kier alpha value is -1.09. The molecule has 1 aromatic rings. The Morgan fingerprint density at radius 2 is 1.65 bits per heavy atom. The molecule has 1 aromatic carbocycles. The maximum atomic E-state index is 12.6. The average Bonchev–Trinajstić information content (AvgIpc) is 2.26. The third-order valence-electron chi connectivity index (χ3n) is 3.63. The summed E-state index contributed by atoms with van der Waals surface area (Å²) in [7, 11) is 0. The van der Waals surface area contributed by atoms with E-state index >= 15 is 0 Å². The van der Waals surface area contributed by atoms with Crippen molar-refractivity contribution in [2.75, 3.05) is 6.67 Å². The van der Waals surface area contributed by atoms with Crippen LogP contribution in [-0.4, -0.2) is 11.8 Å². The third kappa shape index (κ3) is 3.72. The maximum Gasteiger partial charge on any atom is 0.124 e. The SMILES string of the molecule is CC(C)(C)c1cc([C@H](N)CCF)c(O)c(C(C)(C)C)c1. The van der Waals surface area contributed by atoms with E-state index in [-0.39, 0.29) is 23.0 Å². The van der Waals surface area contributed by atoms with E-state index in [9.17, 15) is 9.50 Å². The lowest BCUT2D eigenvalue weighted by atomic mass is 9.78. The molecule has 0 aliphatic heterocycles. The number of rotatable bonds is 3. The molecule has 3 heteroatoms. The van der Waals surface area contributed by atoms with Gasteiger partial charge < -0.3 is 10.8 Å². The molecule has 0 aromatic heterocycles. The second-order valence-electron chi connectivity index (χ2n) is 7.55. The fraction of sp³-hybridized carbons (Fsp3) is 0.647. The normalized spacial score (nSPS) is 14.4. The van der Waals surface area contributed by atoms with E-state index in [4.69, 9.17) is 5.73 Å². The predicted octanol–water partition coefficient (Wildman–Crippen LogP) is 4.35. The van der Waals surface area contributed by atoms with Gasteiger partial charge in [-0.3, -0.25) is 4.39 Å². The van der Waals surface area contributed by atoms with E-state index in [2.05, 4.69) is 41.5 Å². The molecule has 20 heavy (non-hydrogen) atoms. The summed E-state index contributed by atoms with van der Waals surface area (Å²) >= 11 is 0. The molecule has 114 valence electrons. The number of phenols is 1. The van der Waals surface area contributed by atoms with Crippen LogP contribution in [0, 0.1) is 0 Å². The highest BCUT2D eigenvalue weighted by molar-refractivity contribution is 5.49. The van der Waals surface area contributed by atoms with E-state index < -0.39 is 12.7 Å². The van der Waals surface area contributed by atoms with Crippen LogP contribution in [0.4, 0.5) is 4.39 Å². The second-order valence-corrected chi connectivity index (χ2v) is 7.55. The first-order valence-corrected chi connectivity index (χ1v) is 7.18. The van der Waals surface area contributed by atoms with Crippen molar-refractivity contribution >= 4 is 0 Å². The minimum Gasteiger partial charge on any atom is -0.507 e. The van der Waals surface area contributed by atoms with Gasteiger partial charge in [0.15, 0.2) is 0 Å². The fourth-order valence-corrected chi connectivity index (χ4v) is 2.22. The molecule has 1 atom stereocenters. The van der Waals surface area contributed by atoms with Crippen LogP contribution in [0.15, 0.2) is 12.1 Å². The number of hydrogen-bond donors (Lipinski definition) is 2. The van der Waals surface area contributed by atoms with E-state index in [1.54, 1.807) is 0 Å². The Morgan fingerprint density at radius 3 is 2.05 bits per heavy atom. The van der Waals surface area contributed by atoms with Gasteiger partial charge in [-0.25, -0.2) is 0 Å². The zero-order chi connectivity index (χ0) is 15.7.